The normalized spacial score (nSPS) is 13.5. The third-order valence-corrected chi connectivity index (χ3v) is 19.8. The maximum atomic E-state index is 6.86. The maximum absolute atomic E-state index is 6.86. The average Bonchev–Trinajstić information content (AvgIpc) is 0.689. The number of nitrogens with zero attached hydrogens (tertiary/aromatic N) is 2. The van der Waals surface area contributed by atoms with Gasteiger partial charge in [-0.3, -0.25) is 0 Å². The predicted octanol–water partition coefficient (Wildman–Crippen LogP) is 22.5. The fraction of sp³-hybridized carbons (Fsp3) is 0.124. The number of rotatable bonds is 9. The number of ether oxygens (including phenoxy) is 1. The molecular weight excluding hydrogens is 1120 g/mol. The highest BCUT2D eigenvalue weighted by atomic mass is 16.5. The summed E-state index contributed by atoms with van der Waals surface area (Å²) < 4.78 is 6.86. The van der Waals surface area contributed by atoms with Crippen LogP contribution in [0.5, 0.6) is 11.5 Å². The smallest absolute Gasteiger partial charge is 0.252 e. The molecule has 3 aliphatic heterocycles. The zero-order chi connectivity index (χ0) is 63.3. The van der Waals surface area contributed by atoms with Gasteiger partial charge in [0.2, 0.25) is 0 Å². The minimum absolute atomic E-state index is 0.176. The topological polar surface area (TPSA) is 15.7 Å². The first-order valence-corrected chi connectivity index (χ1v) is 32.8. The van der Waals surface area contributed by atoms with Crippen molar-refractivity contribution in [2.75, 3.05) is 9.80 Å². The zero-order valence-corrected chi connectivity index (χ0v) is 54.2. The molecule has 93 heavy (non-hydrogen) atoms. The molecule has 0 spiro atoms. The third kappa shape index (κ3) is 9.90. The van der Waals surface area contributed by atoms with Gasteiger partial charge in [0, 0.05) is 61.5 Å². The Labute approximate surface area is 549 Å². The molecule has 0 aliphatic carbocycles. The molecule has 448 valence electrons. The SMILES string of the molecule is CC(C)(C)c1ccc2c(c1)N(c1c(-c3ccccc3)cc(-c3ccccc3)cc1-c1ccccc1)c1cc(-c3ccc4c(c3)C(C)(C)c3ccccc3O4)cc3c1B2c1ccc(C(C)(C)C)cc1N3c1c(-c2ccccc2)cc(-c2ccccc2)cc1-c1ccccc1. The van der Waals surface area contributed by atoms with Gasteiger partial charge in [0.15, 0.2) is 0 Å². The minimum Gasteiger partial charge on any atom is -0.457 e. The quantitative estimate of drug-likeness (QED) is 0.134. The summed E-state index contributed by atoms with van der Waals surface area (Å²) in [6.45, 7) is 18.6. The summed E-state index contributed by atoms with van der Waals surface area (Å²) in [5, 5.41) is 0. The molecule has 0 atom stereocenters. The van der Waals surface area contributed by atoms with Crippen molar-refractivity contribution in [1.82, 2.24) is 0 Å². The average molecular weight is 1200 g/mol. The second kappa shape index (κ2) is 22.3. The van der Waals surface area contributed by atoms with E-state index < -0.39 is 0 Å². The molecule has 13 aromatic carbocycles. The highest BCUT2D eigenvalue weighted by Gasteiger charge is 2.46. The van der Waals surface area contributed by atoms with Gasteiger partial charge in [-0.25, -0.2) is 0 Å². The fourth-order valence-corrected chi connectivity index (χ4v) is 14.9. The summed E-state index contributed by atoms with van der Waals surface area (Å²) in [5.74, 6) is 1.79. The van der Waals surface area contributed by atoms with Gasteiger partial charge in [-0.15, -0.1) is 0 Å². The Morgan fingerprint density at radius 3 is 1.02 bits per heavy atom. The van der Waals surface area contributed by atoms with Crippen LogP contribution < -0.4 is 30.9 Å². The van der Waals surface area contributed by atoms with Crippen LogP contribution in [0.2, 0.25) is 0 Å². The molecule has 4 heteroatoms. The van der Waals surface area contributed by atoms with Crippen molar-refractivity contribution >= 4 is 57.2 Å². The van der Waals surface area contributed by atoms with Crippen molar-refractivity contribution in [3.63, 3.8) is 0 Å². The van der Waals surface area contributed by atoms with Crippen molar-refractivity contribution in [2.24, 2.45) is 0 Å². The highest BCUT2D eigenvalue weighted by Crippen LogP contribution is 2.56. The Kier molecular flexibility index (Phi) is 13.8. The summed E-state index contributed by atoms with van der Waals surface area (Å²) in [5.41, 5.74) is 30.7. The van der Waals surface area contributed by atoms with Crippen molar-refractivity contribution < 1.29 is 4.74 Å². The van der Waals surface area contributed by atoms with E-state index in [0.717, 1.165) is 118 Å². The monoisotopic (exact) mass is 1200 g/mol. The Morgan fingerprint density at radius 2 is 0.634 bits per heavy atom. The molecule has 0 bridgehead atoms. The summed E-state index contributed by atoms with van der Waals surface area (Å²) in [4.78, 5) is 5.40. The molecule has 0 saturated heterocycles. The molecule has 0 saturated carbocycles. The first-order chi connectivity index (χ1) is 45.2. The molecule has 3 nitrogen and oxygen atoms in total. The number of benzene rings is 13. The molecule has 0 N–H and O–H groups in total. The van der Waals surface area contributed by atoms with Crippen molar-refractivity contribution in [3.05, 3.63) is 320 Å². The first kappa shape index (κ1) is 57.5. The van der Waals surface area contributed by atoms with Gasteiger partial charge in [0.1, 0.15) is 11.5 Å². The highest BCUT2D eigenvalue weighted by molar-refractivity contribution is 7.00. The van der Waals surface area contributed by atoms with Crippen molar-refractivity contribution in [2.45, 2.75) is 71.6 Å². The number of hydrogen-bond donors (Lipinski definition) is 0. The first-order valence-electron chi connectivity index (χ1n) is 32.8. The Bertz CT molecular complexity index is 4650. The van der Waals surface area contributed by atoms with Crippen LogP contribution >= 0.6 is 0 Å². The number of para-hydroxylation sites is 1. The fourth-order valence-electron chi connectivity index (χ4n) is 14.9. The van der Waals surface area contributed by atoms with E-state index in [1.165, 1.54) is 44.5 Å². The number of fused-ring (bicyclic) bond motifs is 6. The molecule has 16 rings (SSSR count). The van der Waals surface area contributed by atoms with E-state index in [0.29, 0.717) is 0 Å². The van der Waals surface area contributed by atoms with Crippen LogP contribution in [-0.4, -0.2) is 6.71 Å². The van der Waals surface area contributed by atoms with E-state index in [1.807, 2.05) is 0 Å². The lowest BCUT2D eigenvalue weighted by Crippen LogP contribution is -2.61. The second-order valence-electron chi connectivity index (χ2n) is 28.0. The lowest BCUT2D eigenvalue weighted by atomic mass is 9.33. The van der Waals surface area contributed by atoms with Gasteiger partial charge in [-0.05, 0) is 161 Å². The van der Waals surface area contributed by atoms with Crippen LogP contribution in [0.3, 0.4) is 0 Å². The zero-order valence-electron chi connectivity index (χ0n) is 54.2. The van der Waals surface area contributed by atoms with Gasteiger partial charge in [0.05, 0.1) is 11.4 Å². The summed E-state index contributed by atoms with van der Waals surface area (Å²) in [6, 6.07) is 111. The summed E-state index contributed by atoms with van der Waals surface area (Å²) >= 11 is 0. The molecule has 0 unspecified atom stereocenters. The molecule has 13 aromatic rings. The Morgan fingerprint density at radius 1 is 0.290 bits per heavy atom. The molecule has 3 aliphatic rings. The molecule has 0 fully saturated rings. The van der Waals surface area contributed by atoms with E-state index in [9.17, 15) is 0 Å². The Hall–Kier alpha value is -10.7. The minimum atomic E-state index is -0.359. The molecule has 0 radical (unpaired) electrons. The van der Waals surface area contributed by atoms with Crippen LogP contribution in [0.15, 0.2) is 297 Å². The van der Waals surface area contributed by atoms with E-state index >= 15 is 0 Å². The van der Waals surface area contributed by atoms with Crippen molar-refractivity contribution in [3.8, 4) is 89.4 Å². The number of hydrogen-bond acceptors (Lipinski definition) is 3. The van der Waals surface area contributed by atoms with Crippen molar-refractivity contribution in [1.29, 1.82) is 0 Å². The van der Waals surface area contributed by atoms with Crippen LogP contribution in [-0.2, 0) is 16.2 Å². The van der Waals surface area contributed by atoms with Gasteiger partial charge in [0.25, 0.3) is 6.71 Å². The lowest BCUT2D eigenvalue weighted by Gasteiger charge is -2.46. The maximum Gasteiger partial charge on any atom is 0.252 e. The van der Waals surface area contributed by atoms with E-state index in [-0.39, 0.29) is 23.0 Å². The number of anilines is 6. The van der Waals surface area contributed by atoms with Crippen LogP contribution in [0.1, 0.15) is 77.6 Å². The molecular formula is C89H73BN2O. The second-order valence-corrected chi connectivity index (χ2v) is 28.0. The standard InChI is InChI=1S/C89H73BN2O/c1-87(2,3)68-44-46-76-78(56-68)91(85-70(60-33-19-11-20-34-60)49-65(58-29-15-9-16-30-58)50-71(85)61-35-21-12-22-36-61)80-54-67(64-43-48-83-75(53-64)89(7,8)74-41-27-28-42-82(74)93-83)55-81-84(80)90(76)77-47-45-69(88(4,5)6)57-79(77)92(81)86-72(62-37-23-13-24-38-62)51-66(59-31-17-10-18-32-59)52-73(86)63-39-25-14-26-40-63/h9-57H,1-8H3. The molecule has 0 aromatic heterocycles. The summed E-state index contributed by atoms with van der Waals surface area (Å²) in [7, 11) is 0. The van der Waals surface area contributed by atoms with Crippen LogP contribution in [0, 0.1) is 0 Å². The van der Waals surface area contributed by atoms with Gasteiger partial charge >= 0.3 is 0 Å². The van der Waals surface area contributed by atoms with E-state index in [2.05, 4.69) is 362 Å². The molecule has 0 amide bonds. The Balaban J connectivity index is 1.10. The molecule has 3 heterocycles. The van der Waals surface area contributed by atoms with Gasteiger partial charge in [-0.2, -0.15) is 0 Å². The summed E-state index contributed by atoms with van der Waals surface area (Å²) in [6.07, 6.45) is 0. The van der Waals surface area contributed by atoms with E-state index in [4.69, 9.17) is 4.74 Å². The van der Waals surface area contributed by atoms with Gasteiger partial charge < -0.3 is 14.5 Å². The van der Waals surface area contributed by atoms with Crippen LogP contribution in [0.25, 0.3) is 77.9 Å². The largest absolute Gasteiger partial charge is 0.457 e. The van der Waals surface area contributed by atoms with E-state index in [1.54, 1.807) is 0 Å². The predicted molar refractivity (Wildman–Crippen MR) is 395 cm³/mol. The lowest BCUT2D eigenvalue weighted by molar-refractivity contribution is 0.418. The van der Waals surface area contributed by atoms with Gasteiger partial charge in [-0.1, -0.05) is 286 Å². The third-order valence-electron chi connectivity index (χ3n) is 19.8. The van der Waals surface area contributed by atoms with Crippen LogP contribution in [0.4, 0.5) is 34.1 Å².